The quantitative estimate of drug-likeness (QED) is 0.684. The Morgan fingerprint density at radius 2 is 1.95 bits per heavy atom. The fraction of sp³-hybridized carbons (Fsp3) is 0.846. The van der Waals surface area contributed by atoms with Crippen LogP contribution in [-0.4, -0.2) is 71.8 Å². The van der Waals surface area contributed by atoms with Crippen molar-refractivity contribution >= 4 is 23.6 Å². The summed E-state index contributed by atoms with van der Waals surface area (Å²) < 4.78 is 5.18. The molecule has 116 valence electrons. The summed E-state index contributed by atoms with van der Waals surface area (Å²) in [5.41, 5.74) is 0. The number of nitrogens with one attached hydrogen (secondary N) is 1. The van der Waals surface area contributed by atoms with Gasteiger partial charge in [0, 0.05) is 19.1 Å². The van der Waals surface area contributed by atoms with Crippen molar-refractivity contribution in [3.05, 3.63) is 0 Å². The third-order valence-corrected chi connectivity index (χ3v) is 3.84. The molecule has 0 radical (unpaired) electrons. The third kappa shape index (κ3) is 7.12. The summed E-state index contributed by atoms with van der Waals surface area (Å²) in [4.78, 5) is 25.2. The molecule has 2 unspecified atom stereocenters. The highest BCUT2D eigenvalue weighted by molar-refractivity contribution is 8.00. The molecule has 1 saturated heterocycles. The Morgan fingerprint density at radius 3 is 2.55 bits per heavy atom. The number of morpholine rings is 1. The number of aliphatic hydroxyl groups is 1. The first kappa shape index (κ1) is 17.3. The van der Waals surface area contributed by atoms with E-state index in [0.717, 1.165) is 0 Å². The lowest BCUT2D eigenvalue weighted by Crippen LogP contribution is -2.42. The molecule has 0 aromatic heterocycles. The van der Waals surface area contributed by atoms with E-state index in [0.29, 0.717) is 38.5 Å². The Kier molecular flexibility index (Phi) is 7.94. The molecule has 2 N–H and O–H groups in total. The van der Waals surface area contributed by atoms with Crippen LogP contribution in [0.25, 0.3) is 0 Å². The number of ether oxygens (including phenoxy) is 1. The highest BCUT2D eigenvalue weighted by Gasteiger charge is 2.17. The van der Waals surface area contributed by atoms with E-state index in [9.17, 15) is 14.7 Å². The first-order valence-corrected chi connectivity index (χ1v) is 8.05. The molecule has 0 aliphatic carbocycles. The monoisotopic (exact) mass is 304 g/mol. The summed E-state index contributed by atoms with van der Waals surface area (Å²) in [6.07, 6.45) is 0.101. The van der Waals surface area contributed by atoms with Crippen LogP contribution in [0.15, 0.2) is 0 Å². The lowest BCUT2D eigenvalue weighted by Gasteiger charge is -2.26. The van der Waals surface area contributed by atoms with E-state index in [4.69, 9.17) is 4.74 Å². The smallest absolute Gasteiger partial charge is 0.232 e. The van der Waals surface area contributed by atoms with Gasteiger partial charge in [0.2, 0.25) is 11.8 Å². The van der Waals surface area contributed by atoms with Crippen LogP contribution in [0.5, 0.6) is 0 Å². The molecule has 0 aromatic carbocycles. The highest BCUT2D eigenvalue weighted by Crippen LogP contribution is 2.05. The molecule has 0 aromatic rings. The number of amides is 2. The van der Waals surface area contributed by atoms with Crippen LogP contribution in [0.2, 0.25) is 0 Å². The van der Waals surface area contributed by atoms with E-state index in [1.165, 1.54) is 11.8 Å². The minimum absolute atomic E-state index is 0.0574. The van der Waals surface area contributed by atoms with Crippen molar-refractivity contribution in [1.82, 2.24) is 10.2 Å². The SMILES string of the molecule is CC(O)CC(C)NC(=O)CSCC(=O)N1CCOCC1. The lowest BCUT2D eigenvalue weighted by molar-refractivity contribution is -0.132. The van der Waals surface area contributed by atoms with E-state index < -0.39 is 6.10 Å². The fourth-order valence-electron chi connectivity index (χ4n) is 2.02. The Bertz CT molecular complexity index is 319. The van der Waals surface area contributed by atoms with Crippen molar-refractivity contribution in [3.63, 3.8) is 0 Å². The lowest BCUT2D eigenvalue weighted by atomic mass is 10.1. The van der Waals surface area contributed by atoms with Crippen molar-refractivity contribution < 1.29 is 19.4 Å². The summed E-state index contributed by atoms with van der Waals surface area (Å²) in [6, 6.07) is -0.0574. The van der Waals surface area contributed by atoms with Gasteiger partial charge in [-0.15, -0.1) is 11.8 Å². The van der Waals surface area contributed by atoms with Crippen molar-refractivity contribution in [3.8, 4) is 0 Å². The Hall–Kier alpha value is -0.790. The van der Waals surface area contributed by atoms with Crippen LogP contribution >= 0.6 is 11.8 Å². The van der Waals surface area contributed by atoms with Gasteiger partial charge in [-0.2, -0.15) is 0 Å². The van der Waals surface area contributed by atoms with Gasteiger partial charge in [-0.1, -0.05) is 0 Å². The fourth-order valence-corrected chi connectivity index (χ4v) is 2.75. The number of nitrogens with zero attached hydrogens (tertiary/aromatic N) is 1. The number of carbonyl (C=O) groups excluding carboxylic acids is 2. The first-order valence-electron chi connectivity index (χ1n) is 6.89. The number of rotatable bonds is 7. The van der Waals surface area contributed by atoms with E-state index in [2.05, 4.69) is 5.32 Å². The standard InChI is InChI=1S/C13H24N2O4S/c1-10(7-11(2)16)14-12(17)8-20-9-13(18)15-3-5-19-6-4-15/h10-11,16H,3-9H2,1-2H3,(H,14,17). The molecule has 2 amide bonds. The van der Waals surface area contributed by atoms with Gasteiger partial charge in [-0.3, -0.25) is 9.59 Å². The summed E-state index contributed by atoms with van der Waals surface area (Å²) in [7, 11) is 0. The minimum atomic E-state index is -0.430. The highest BCUT2D eigenvalue weighted by atomic mass is 32.2. The van der Waals surface area contributed by atoms with Crippen LogP contribution in [0, 0.1) is 0 Å². The summed E-state index contributed by atoms with van der Waals surface area (Å²) in [6.45, 7) is 6.00. The van der Waals surface area contributed by atoms with E-state index in [1.54, 1.807) is 11.8 Å². The first-order chi connectivity index (χ1) is 9.49. The van der Waals surface area contributed by atoms with Gasteiger partial charge in [0.15, 0.2) is 0 Å². The van der Waals surface area contributed by atoms with E-state index in [-0.39, 0.29) is 23.6 Å². The zero-order chi connectivity index (χ0) is 15.0. The Balaban J connectivity index is 2.13. The molecule has 20 heavy (non-hydrogen) atoms. The number of hydrogen-bond donors (Lipinski definition) is 2. The Labute approximate surface area is 124 Å². The number of hydrogen-bond acceptors (Lipinski definition) is 5. The van der Waals surface area contributed by atoms with Crippen LogP contribution in [0.4, 0.5) is 0 Å². The van der Waals surface area contributed by atoms with Gasteiger partial charge in [0.1, 0.15) is 0 Å². The van der Waals surface area contributed by atoms with Crippen molar-refractivity contribution in [2.24, 2.45) is 0 Å². The summed E-state index contributed by atoms with van der Waals surface area (Å²) in [5.74, 6) is 0.541. The number of aliphatic hydroxyl groups excluding tert-OH is 1. The molecule has 1 fully saturated rings. The van der Waals surface area contributed by atoms with Crippen LogP contribution in [-0.2, 0) is 14.3 Å². The maximum Gasteiger partial charge on any atom is 0.232 e. The van der Waals surface area contributed by atoms with Crippen molar-refractivity contribution in [2.75, 3.05) is 37.8 Å². The molecule has 1 aliphatic heterocycles. The zero-order valence-electron chi connectivity index (χ0n) is 12.1. The van der Waals surface area contributed by atoms with Gasteiger partial charge in [0.05, 0.1) is 30.8 Å². The van der Waals surface area contributed by atoms with Gasteiger partial charge < -0.3 is 20.1 Å². The van der Waals surface area contributed by atoms with Gasteiger partial charge in [0.25, 0.3) is 0 Å². The largest absolute Gasteiger partial charge is 0.393 e. The maximum absolute atomic E-state index is 11.8. The molecule has 7 heteroatoms. The molecule has 1 heterocycles. The zero-order valence-corrected chi connectivity index (χ0v) is 12.9. The average molecular weight is 304 g/mol. The second kappa shape index (κ2) is 9.20. The van der Waals surface area contributed by atoms with Crippen LogP contribution in [0.1, 0.15) is 20.3 Å². The number of carbonyl (C=O) groups is 2. The molecule has 1 rings (SSSR count). The van der Waals surface area contributed by atoms with Crippen molar-refractivity contribution in [2.45, 2.75) is 32.4 Å². The molecule has 2 atom stereocenters. The molecule has 1 aliphatic rings. The summed E-state index contributed by atoms with van der Waals surface area (Å²) >= 11 is 1.32. The van der Waals surface area contributed by atoms with Crippen molar-refractivity contribution in [1.29, 1.82) is 0 Å². The number of thioether (sulfide) groups is 1. The predicted molar refractivity (Wildman–Crippen MR) is 78.6 cm³/mol. The normalized spacial score (nSPS) is 18.4. The van der Waals surface area contributed by atoms with E-state index in [1.807, 2.05) is 6.92 Å². The van der Waals surface area contributed by atoms with E-state index >= 15 is 0 Å². The second-order valence-corrected chi connectivity index (χ2v) is 6.02. The second-order valence-electron chi connectivity index (χ2n) is 5.04. The third-order valence-electron chi connectivity index (χ3n) is 2.92. The van der Waals surface area contributed by atoms with Gasteiger partial charge in [-0.25, -0.2) is 0 Å². The minimum Gasteiger partial charge on any atom is -0.393 e. The molecule has 0 bridgehead atoms. The van der Waals surface area contributed by atoms with Crippen LogP contribution < -0.4 is 5.32 Å². The Morgan fingerprint density at radius 1 is 1.30 bits per heavy atom. The predicted octanol–water partition coefficient (Wildman–Crippen LogP) is -0.146. The van der Waals surface area contributed by atoms with Gasteiger partial charge in [-0.05, 0) is 20.3 Å². The van der Waals surface area contributed by atoms with Gasteiger partial charge >= 0.3 is 0 Å². The summed E-state index contributed by atoms with van der Waals surface area (Å²) in [5, 5.41) is 12.0. The molecule has 0 spiro atoms. The maximum atomic E-state index is 11.8. The average Bonchev–Trinajstić information content (AvgIpc) is 2.38. The molecule has 0 saturated carbocycles. The topological polar surface area (TPSA) is 78.9 Å². The molecular formula is C13H24N2O4S. The molecule has 6 nitrogen and oxygen atoms in total. The molecular weight excluding hydrogens is 280 g/mol. The van der Waals surface area contributed by atoms with Crippen LogP contribution in [0.3, 0.4) is 0 Å².